The molecule has 3 aromatic heterocycles. The van der Waals surface area contributed by atoms with Crippen molar-refractivity contribution in [3.05, 3.63) is 65.2 Å². The van der Waals surface area contributed by atoms with Gasteiger partial charge in [-0.05, 0) is 56.2 Å². The fourth-order valence-corrected chi connectivity index (χ4v) is 5.08. The van der Waals surface area contributed by atoms with Gasteiger partial charge in [-0.3, -0.25) is 14.5 Å². The number of amides is 1. The van der Waals surface area contributed by atoms with Crippen LogP contribution in [-0.4, -0.2) is 60.0 Å². The number of nitrogens with zero attached hydrogens (tertiary/aromatic N) is 7. The Labute approximate surface area is 221 Å². The molecule has 1 aromatic carbocycles. The maximum absolute atomic E-state index is 13.6. The Balaban J connectivity index is 1.48. The number of methoxy groups -OCH3 is 1. The molecule has 1 amide bonds. The molecule has 1 aliphatic rings. The molecule has 1 saturated carbocycles. The molecule has 0 aliphatic heterocycles. The van der Waals surface area contributed by atoms with Gasteiger partial charge in [0.1, 0.15) is 5.75 Å². The molecule has 0 saturated heterocycles. The average molecular weight is 520 g/mol. The number of rotatable bonds is 8. The first-order valence-corrected chi connectivity index (χ1v) is 12.8. The topological polar surface area (TPSA) is 91.0 Å². The first-order valence-electron chi connectivity index (χ1n) is 12.5. The van der Waals surface area contributed by atoms with Gasteiger partial charge >= 0.3 is 0 Å². The minimum atomic E-state index is -0.0425. The second-order valence-electron chi connectivity index (χ2n) is 9.30. The van der Waals surface area contributed by atoms with E-state index in [0.717, 1.165) is 42.5 Å². The van der Waals surface area contributed by atoms with E-state index in [1.807, 2.05) is 60.0 Å². The molecular formula is C27H30ClN7O2. The van der Waals surface area contributed by atoms with Crippen LogP contribution in [0.3, 0.4) is 0 Å². The molecule has 4 aromatic rings. The number of ether oxygens (including phenoxy) is 1. The fraction of sp³-hybridized carbons (Fsp3) is 0.370. The van der Waals surface area contributed by atoms with Gasteiger partial charge in [0.2, 0.25) is 0 Å². The highest BCUT2D eigenvalue weighted by Gasteiger charge is 2.29. The van der Waals surface area contributed by atoms with Crippen molar-refractivity contribution < 1.29 is 9.53 Å². The maximum atomic E-state index is 13.6. The number of halogens is 1. The van der Waals surface area contributed by atoms with Crippen LogP contribution >= 0.6 is 11.6 Å². The summed E-state index contributed by atoms with van der Waals surface area (Å²) in [6.45, 7) is 2.92. The Hall–Kier alpha value is -3.72. The van der Waals surface area contributed by atoms with E-state index < -0.39 is 0 Å². The van der Waals surface area contributed by atoms with E-state index in [1.54, 1.807) is 24.2 Å². The highest BCUT2D eigenvalue weighted by Crippen LogP contribution is 2.31. The zero-order valence-electron chi connectivity index (χ0n) is 21.3. The second kappa shape index (κ2) is 10.7. The van der Waals surface area contributed by atoms with Crippen LogP contribution in [0.5, 0.6) is 5.75 Å². The molecule has 1 fully saturated rings. The summed E-state index contributed by atoms with van der Waals surface area (Å²) >= 11 is 6.44. The SMILES string of the molecule is COc1ccc(-c2nc(-c3ccncc3)nn2CCN(C(=O)c2cc(C)n(C)n2)C2CCCC2)cc1Cl. The van der Waals surface area contributed by atoms with Crippen molar-refractivity contribution in [2.75, 3.05) is 13.7 Å². The summed E-state index contributed by atoms with van der Waals surface area (Å²) in [6.07, 6.45) is 7.68. The molecule has 9 nitrogen and oxygen atoms in total. The Morgan fingerprint density at radius 3 is 2.51 bits per heavy atom. The van der Waals surface area contributed by atoms with E-state index >= 15 is 0 Å². The Morgan fingerprint density at radius 2 is 1.86 bits per heavy atom. The predicted molar refractivity (Wildman–Crippen MR) is 141 cm³/mol. The zero-order chi connectivity index (χ0) is 25.9. The number of aromatic nitrogens is 6. The van der Waals surface area contributed by atoms with E-state index in [4.69, 9.17) is 26.4 Å². The van der Waals surface area contributed by atoms with Crippen molar-refractivity contribution >= 4 is 17.5 Å². The van der Waals surface area contributed by atoms with Gasteiger partial charge in [0.05, 0.1) is 18.7 Å². The van der Waals surface area contributed by atoms with E-state index in [9.17, 15) is 4.79 Å². The predicted octanol–water partition coefficient (Wildman–Crippen LogP) is 4.80. The summed E-state index contributed by atoms with van der Waals surface area (Å²) in [5.74, 6) is 1.81. The molecular weight excluding hydrogens is 490 g/mol. The first kappa shape index (κ1) is 25.0. The monoisotopic (exact) mass is 519 g/mol. The first-order chi connectivity index (χ1) is 17.9. The van der Waals surface area contributed by atoms with Gasteiger partial charge in [-0.2, -0.15) is 10.2 Å². The lowest BCUT2D eigenvalue weighted by Gasteiger charge is -2.28. The Kier molecular flexibility index (Phi) is 7.23. The van der Waals surface area contributed by atoms with E-state index in [2.05, 4.69) is 10.1 Å². The van der Waals surface area contributed by atoms with Gasteiger partial charge in [-0.25, -0.2) is 9.67 Å². The highest BCUT2D eigenvalue weighted by molar-refractivity contribution is 6.32. The number of hydrogen-bond donors (Lipinski definition) is 0. The molecule has 37 heavy (non-hydrogen) atoms. The van der Waals surface area contributed by atoms with Gasteiger partial charge in [-0.1, -0.05) is 24.4 Å². The molecule has 192 valence electrons. The molecule has 3 heterocycles. The van der Waals surface area contributed by atoms with Crippen molar-refractivity contribution in [3.8, 4) is 28.5 Å². The van der Waals surface area contributed by atoms with Crippen LogP contribution in [0.25, 0.3) is 22.8 Å². The smallest absolute Gasteiger partial charge is 0.274 e. The molecule has 0 N–H and O–H groups in total. The number of carbonyl (C=O) groups excluding carboxylic acids is 1. The molecule has 1 aliphatic carbocycles. The number of aryl methyl sites for hydroxylation is 2. The molecule has 0 spiro atoms. The third kappa shape index (κ3) is 5.22. The number of benzene rings is 1. The van der Waals surface area contributed by atoms with Crippen molar-refractivity contribution in [1.82, 2.24) is 34.4 Å². The normalized spacial score (nSPS) is 13.7. The van der Waals surface area contributed by atoms with Crippen LogP contribution < -0.4 is 4.74 Å². The maximum Gasteiger partial charge on any atom is 0.274 e. The van der Waals surface area contributed by atoms with Gasteiger partial charge in [-0.15, -0.1) is 0 Å². The molecule has 0 radical (unpaired) electrons. The lowest BCUT2D eigenvalue weighted by molar-refractivity contribution is 0.0665. The van der Waals surface area contributed by atoms with Gasteiger partial charge in [0.25, 0.3) is 5.91 Å². The minimum Gasteiger partial charge on any atom is -0.495 e. The summed E-state index contributed by atoms with van der Waals surface area (Å²) in [6, 6.07) is 11.4. The van der Waals surface area contributed by atoms with Crippen molar-refractivity contribution in [2.45, 2.75) is 45.2 Å². The summed E-state index contributed by atoms with van der Waals surface area (Å²) in [5, 5.41) is 9.77. The minimum absolute atomic E-state index is 0.0425. The highest BCUT2D eigenvalue weighted by atomic mass is 35.5. The van der Waals surface area contributed by atoms with Crippen molar-refractivity contribution in [2.24, 2.45) is 7.05 Å². The number of hydrogen-bond acceptors (Lipinski definition) is 6. The van der Waals surface area contributed by atoms with E-state index in [0.29, 0.717) is 41.2 Å². The molecule has 0 bridgehead atoms. The van der Waals surface area contributed by atoms with Gasteiger partial charge in [0, 0.05) is 48.8 Å². The van der Waals surface area contributed by atoms with Crippen LogP contribution in [0.2, 0.25) is 5.02 Å². The third-order valence-corrected chi connectivity index (χ3v) is 7.23. The van der Waals surface area contributed by atoms with E-state index in [-0.39, 0.29) is 11.9 Å². The lowest BCUT2D eigenvalue weighted by atomic mass is 10.2. The standard InChI is InChI=1S/C27H30ClN7O2/c1-18-16-23(31-33(18)2)27(36)34(21-6-4-5-7-21)14-15-35-26(20-8-9-24(37-3)22(28)17-20)30-25(32-35)19-10-12-29-13-11-19/h8-13,16-17,21H,4-7,14-15H2,1-3H3. The van der Waals surface area contributed by atoms with Crippen LogP contribution in [0.1, 0.15) is 41.9 Å². The number of carbonyl (C=O) groups is 1. The number of pyridine rings is 1. The van der Waals surface area contributed by atoms with Crippen LogP contribution in [0.15, 0.2) is 48.8 Å². The molecule has 0 atom stereocenters. The summed E-state index contributed by atoms with van der Waals surface area (Å²) in [5.41, 5.74) is 3.11. The summed E-state index contributed by atoms with van der Waals surface area (Å²) in [4.78, 5) is 24.5. The van der Waals surface area contributed by atoms with Gasteiger partial charge < -0.3 is 9.64 Å². The van der Waals surface area contributed by atoms with E-state index in [1.165, 1.54) is 0 Å². The van der Waals surface area contributed by atoms with Crippen LogP contribution in [0.4, 0.5) is 0 Å². The molecule has 5 rings (SSSR count). The fourth-order valence-electron chi connectivity index (χ4n) is 4.82. The van der Waals surface area contributed by atoms with Crippen LogP contribution in [-0.2, 0) is 13.6 Å². The van der Waals surface area contributed by atoms with Crippen molar-refractivity contribution in [1.29, 1.82) is 0 Å². The summed E-state index contributed by atoms with van der Waals surface area (Å²) < 4.78 is 8.92. The largest absolute Gasteiger partial charge is 0.495 e. The third-order valence-electron chi connectivity index (χ3n) is 6.93. The lowest BCUT2D eigenvalue weighted by Crippen LogP contribution is -2.41. The quantitative estimate of drug-likeness (QED) is 0.332. The average Bonchev–Trinajstić information content (AvgIpc) is 3.66. The summed E-state index contributed by atoms with van der Waals surface area (Å²) in [7, 11) is 3.44. The molecule has 0 unspecified atom stereocenters. The Bertz CT molecular complexity index is 1370. The van der Waals surface area contributed by atoms with Crippen LogP contribution in [0, 0.1) is 6.92 Å². The van der Waals surface area contributed by atoms with Gasteiger partial charge in [0.15, 0.2) is 17.3 Å². The second-order valence-corrected chi connectivity index (χ2v) is 9.71. The molecule has 10 heteroatoms. The zero-order valence-corrected chi connectivity index (χ0v) is 22.0. The Morgan fingerprint density at radius 1 is 1.11 bits per heavy atom. The van der Waals surface area contributed by atoms with Crippen molar-refractivity contribution in [3.63, 3.8) is 0 Å².